The molecule has 2 aromatic rings. The van der Waals surface area contributed by atoms with E-state index in [1.165, 1.54) is 0 Å². The SMILES string of the molecule is CC(=O)O.CC(=O)O.Oc1ccc2cc(O)ccc2c1. The van der Waals surface area contributed by atoms with E-state index < -0.39 is 11.9 Å². The number of carboxylic acid groups (broad SMARTS) is 2. The first-order valence-electron chi connectivity index (χ1n) is 5.53. The van der Waals surface area contributed by atoms with E-state index in [-0.39, 0.29) is 11.5 Å². The van der Waals surface area contributed by atoms with Gasteiger partial charge in [-0.2, -0.15) is 0 Å². The van der Waals surface area contributed by atoms with Gasteiger partial charge in [-0.15, -0.1) is 0 Å². The number of rotatable bonds is 0. The van der Waals surface area contributed by atoms with Crippen LogP contribution in [-0.4, -0.2) is 32.4 Å². The first-order valence-corrected chi connectivity index (χ1v) is 5.53. The summed E-state index contributed by atoms with van der Waals surface area (Å²) >= 11 is 0. The molecule has 2 rings (SSSR count). The number of fused-ring (bicyclic) bond motifs is 1. The van der Waals surface area contributed by atoms with Gasteiger partial charge in [0, 0.05) is 13.8 Å². The summed E-state index contributed by atoms with van der Waals surface area (Å²) < 4.78 is 0. The molecular weight excluding hydrogens is 264 g/mol. The van der Waals surface area contributed by atoms with Gasteiger partial charge in [0.05, 0.1) is 0 Å². The van der Waals surface area contributed by atoms with Gasteiger partial charge < -0.3 is 20.4 Å². The Balaban J connectivity index is 0.000000380. The highest BCUT2D eigenvalue weighted by molar-refractivity contribution is 5.84. The molecule has 0 saturated carbocycles. The topological polar surface area (TPSA) is 115 Å². The number of carbonyl (C=O) groups is 2. The number of phenols is 2. The average Bonchev–Trinajstić information content (AvgIpc) is 2.28. The van der Waals surface area contributed by atoms with Crippen LogP contribution in [0.2, 0.25) is 0 Å². The molecule has 4 N–H and O–H groups in total. The van der Waals surface area contributed by atoms with E-state index in [4.69, 9.17) is 30.0 Å². The van der Waals surface area contributed by atoms with Gasteiger partial charge in [-0.3, -0.25) is 9.59 Å². The molecule has 0 aromatic heterocycles. The Morgan fingerprint density at radius 3 is 1.25 bits per heavy atom. The van der Waals surface area contributed by atoms with E-state index in [0.717, 1.165) is 24.6 Å². The number of phenolic OH excluding ortho intramolecular Hbond substituents is 2. The number of carboxylic acids is 2. The Morgan fingerprint density at radius 2 is 1.00 bits per heavy atom. The van der Waals surface area contributed by atoms with Gasteiger partial charge in [-0.25, -0.2) is 0 Å². The summed E-state index contributed by atoms with van der Waals surface area (Å²) in [5.74, 6) is -1.18. The lowest BCUT2D eigenvalue weighted by molar-refractivity contribution is -0.135. The maximum absolute atomic E-state index is 9.14. The minimum atomic E-state index is -0.833. The predicted molar refractivity (Wildman–Crippen MR) is 73.9 cm³/mol. The van der Waals surface area contributed by atoms with Gasteiger partial charge in [-0.05, 0) is 35.0 Å². The molecule has 0 aliphatic heterocycles. The quantitative estimate of drug-likeness (QED) is 0.589. The molecule has 2 aromatic carbocycles. The second kappa shape index (κ2) is 8.36. The van der Waals surface area contributed by atoms with Crippen molar-refractivity contribution >= 4 is 22.7 Å². The lowest BCUT2D eigenvalue weighted by atomic mass is 10.1. The van der Waals surface area contributed by atoms with Crippen molar-refractivity contribution in [2.75, 3.05) is 0 Å². The van der Waals surface area contributed by atoms with Crippen molar-refractivity contribution < 1.29 is 30.0 Å². The number of hydrogen-bond donors (Lipinski definition) is 4. The van der Waals surface area contributed by atoms with Crippen LogP contribution in [0.15, 0.2) is 36.4 Å². The minimum Gasteiger partial charge on any atom is -0.508 e. The monoisotopic (exact) mass is 280 g/mol. The van der Waals surface area contributed by atoms with Crippen molar-refractivity contribution in [3.05, 3.63) is 36.4 Å². The Morgan fingerprint density at radius 1 is 0.750 bits per heavy atom. The van der Waals surface area contributed by atoms with Crippen molar-refractivity contribution in [1.82, 2.24) is 0 Å². The van der Waals surface area contributed by atoms with E-state index in [0.29, 0.717) is 0 Å². The van der Waals surface area contributed by atoms with Crippen molar-refractivity contribution in [3.8, 4) is 11.5 Å². The molecule has 0 saturated heterocycles. The molecule has 0 atom stereocenters. The fourth-order valence-electron chi connectivity index (χ4n) is 1.22. The van der Waals surface area contributed by atoms with Gasteiger partial charge in [0.15, 0.2) is 0 Å². The highest BCUT2D eigenvalue weighted by Gasteiger charge is 1.95. The first-order chi connectivity index (χ1) is 9.22. The molecule has 0 spiro atoms. The number of benzene rings is 2. The third kappa shape index (κ3) is 8.35. The molecule has 0 unspecified atom stereocenters. The van der Waals surface area contributed by atoms with Crippen molar-refractivity contribution in [2.24, 2.45) is 0 Å². The fraction of sp³-hybridized carbons (Fsp3) is 0.143. The molecule has 0 aliphatic rings. The predicted octanol–water partition coefficient (Wildman–Crippen LogP) is 2.43. The summed E-state index contributed by atoms with van der Waals surface area (Å²) in [6.07, 6.45) is 0. The second-order valence-electron chi connectivity index (χ2n) is 3.75. The van der Waals surface area contributed by atoms with E-state index in [1.807, 2.05) is 0 Å². The summed E-state index contributed by atoms with van der Waals surface area (Å²) in [4.78, 5) is 18.0. The van der Waals surface area contributed by atoms with Gasteiger partial charge in [0.1, 0.15) is 11.5 Å². The van der Waals surface area contributed by atoms with Gasteiger partial charge in [0.25, 0.3) is 11.9 Å². The first kappa shape index (κ1) is 17.2. The van der Waals surface area contributed by atoms with Crippen LogP contribution in [0.5, 0.6) is 11.5 Å². The van der Waals surface area contributed by atoms with E-state index in [2.05, 4.69) is 0 Å². The Labute approximate surface area is 115 Å². The standard InChI is InChI=1S/C10H8O2.2C2H4O2/c11-9-3-1-7-5-10(12)4-2-8(7)6-9;2*1-2(3)4/h1-6,11-12H;2*1H3,(H,3,4). The lowest BCUT2D eigenvalue weighted by Gasteiger charge is -1.98. The van der Waals surface area contributed by atoms with E-state index >= 15 is 0 Å². The zero-order chi connectivity index (χ0) is 15.7. The summed E-state index contributed by atoms with van der Waals surface area (Å²) in [5.41, 5.74) is 0. The fourth-order valence-corrected chi connectivity index (χ4v) is 1.22. The van der Waals surface area contributed by atoms with Crippen LogP contribution in [-0.2, 0) is 9.59 Å². The van der Waals surface area contributed by atoms with Crippen LogP contribution >= 0.6 is 0 Å². The second-order valence-corrected chi connectivity index (χ2v) is 3.75. The maximum Gasteiger partial charge on any atom is 0.300 e. The smallest absolute Gasteiger partial charge is 0.300 e. The number of hydrogen-bond acceptors (Lipinski definition) is 4. The largest absolute Gasteiger partial charge is 0.508 e. The summed E-state index contributed by atoms with van der Waals surface area (Å²) in [6, 6.07) is 10.1. The molecule has 6 heteroatoms. The van der Waals surface area contributed by atoms with E-state index in [9.17, 15) is 0 Å². The third-order valence-corrected chi connectivity index (χ3v) is 1.81. The Bertz CT molecular complexity index is 530. The highest BCUT2D eigenvalue weighted by Crippen LogP contribution is 2.23. The Kier molecular flexibility index (Phi) is 7.21. The van der Waals surface area contributed by atoms with Gasteiger partial charge >= 0.3 is 0 Å². The molecule has 20 heavy (non-hydrogen) atoms. The lowest BCUT2D eigenvalue weighted by Crippen LogP contribution is -1.78. The summed E-state index contributed by atoms with van der Waals surface area (Å²) in [5, 5.41) is 35.0. The average molecular weight is 280 g/mol. The maximum atomic E-state index is 9.14. The number of aromatic hydroxyl groups is 2. The molecule has 0 aliphatic carbocycles. The van der Waals surface area contributed by atoms with Crippen LogP contribution < -0.4 is 0 Å². The molecule has 108 valence electrons. The van der Waals surface area contributed by atoms with Gasteiger partial charge in [0.2, 0.25) is 0 Å². The van der Waals surface area contributed by atoms with Crippen LogP contribution in [0.25, 0.3) is 10.8 Å². The van der Waals surface area contributed by atoms with Crippen LogP contribution in [0.4, 0.5) is 0 Å². The molecule has 0 fully saturated rings. The van der Waals surface area contributed by atoms with Crippen molar-refractivity contribution in [1.29, 1.82) is 0 Å². The summed E-state index contributed by atoms with van der Waals surface area (Å²) in [7, 11) is 0. The molecule has 0 amide bonds. The molecule has 6 nitrogen and oxygen atoms in total. The van der Waals surface area contributed by atoms with Crippen LogP contribution in [0.1, 0.15) is 13.8 Å². The Hall–Kier alpha value is -2.76. The summed E-state index contributed by atoms with van der Waals surface area (Å²) in [6.45, 7) is 2.17. The molecule has 0 heterocycles. The van der Waals surface area contributed by atoms with E-state index in [1.54, 1.807) is 36.4 Å². The van der Waals surface area contributed by atoms with Gasteiger partial charge in [-0.1, -0.05) is 12.1 Å². The van der Waals surface area contributed by atoms with Crippen LogP contribution in [0.3, 0.4) is 0 Å². The highest BCUT2D eigenvalue weighted by atomic mass is 16.4. The number of aliphatic carboxylic acids is 2. The third-order valence-electron chi connectivity index (χ3n) is 1.81. The van der Waals surface area contributed by atoms with Crippen LogP contribution in [0, 0.1) is 0 Å². The molecular formula is C14H16O6. The van der Waals surface area contributed by atoms with Crippen molar-refractivity contribution in [3.63, 3.8) is 0 Å². The minimum absolute atomic E-state index is 0.244. The molecule has 0 bridgehead atoms. The normalized spacial score (nSPS) is 8.70. The zero-order valence-electron chi connectivity index (χ0n) is 11.1. The van der Waals surface area contributed by atoms with Crippen molar-refractivity contribution in [2.45, 2.75) is 13.8 Å². The zero-order valence-corrected chi connectivity index (χ0v) is 11.1. The molecule has 0 radical (unpaired) electrons.